The number of hydrogen-bond acceptors (Lipinski definition) is 5. The van der Waals surface area contributed by atoms with E-state index in [0.29, 0.717) is 24.6 Å². The maximum atomic E-state index is 10.8. The number of unbranched alkanes of at least 4 members (excludes halogenated alkanes) is 1. The van der Waals surface area contributed by atoms with E-state index < -0.39 is 0 Å². The first-order valence-electron chi connectivity index (χ1n) is 5.57. The molecule has 2 heterocycles. The van der Waals surface area contributed by atoms with Crippen LogP contribution in [0.25, 0.3) is 11.6 Å². The molecule has 0 amide bonds. The van der Waals surface area contributed by atoms with Crippen molar-refractivity contribution in [2.45, 2.75) is 32.7 Å². The maximum Gasteiger partial charge on any atom is 0.240 e. The van der Waals surface area contributed by atoms with Crippen LogP contribution < -0.4 is 0 Å². The molecule has 90 valence electrons. The first-order chi connectivity index (χ1) is 8.25. The number of furan rings is 1. The van der Waals surface area contributed by atoms with Crippen LogP contribution in [-0.4, -0.2) is 26.0 Å². The Morgan fingerprint density at radius 1 is 1.47 bits per heavy atom. The summed E-state index contributed by atoms with van der Waals surface area (Å²) in [6, 6.07) is 3.57. The van der Waals surface area contributed by atoms with E-state index in [0.717, 1.165) is 12.8 Å². The second kappa shape index (κ2) is 5.38. The van der Waals surface area contributed by atoms with Gasteiger partial charge in [-0.3, -0.25) is 0 Å². The fraction of sp³-hybridized carbons (Fsp3) is 0.455. The number of ketones is 1. The van der Waals surface area contributed by atoms with Gasteiger partial charge in [0.1, 0.15) is 5.78 Å². The number of carbonyl (C=O) groups is 1. The highest BCUT2D eigenvalue weighted by molar-refractivity contribution is 5.75. The van der Waals surface area contributed by atoms with Crippen molar-refractivity contribution >= 4 is 5.78 Å². The van der Waals surface area contributed by atoms with E-state index in [4.69, 9.17) is 4.42 Å². The molecule has 0 atom stereocenters. The second-order valence-corrected chi connectivity index (χ2v) is 3.85. The van der Waals surface area contributed by atoms with Crippen LogP contribution in [0, 0.1) is 0 Å². The van der Waals surface area contributed by atoms with Crippen LogP contribution in [0.3, 0.4) is 0 Å². The highest BCUT2D eigenvalue weighted by atomic mass is 16.3. The Labute approximate surface area is 98.6 Å². The van der Waals surface area contributed by atoms with Crippen molar-refractivity contribution < 1.29 is 9.21 Å². The fourth-order valence-electron chi connectivity index (χ4n) is 1.47. The van der Waals surface area contributed by atoms with Crippen molar-refractivity contribution in [3.8, 4) is 11.6 Å². The van der Waals surface area contributed by atoms with Gasteiger partial charge in [0.25, 0.3) is 0 Å². The molecule has 0 aliphatic heterocycles. The van der Waals surface area contributed by atoms with E-state index in [1.807, 2.05) is 0 Å². The maximum absolute atomic E-state index is 10.8. The average Bonchev–Trinajstić information content (AvgIpc) is 2.94. The van der Waals surface area contributed by atoms with Crippen molar-refractivity contribution in [1.29, 1.82) is 0 Å². The number of hydrogen-bond donors (Lipinski definition) is 0. The Bertz CT molecular complexity index is 475. The van der Waals surface area contributed by atoms with E-state index in [1.165, 1.54) is 4.80 Å². The van der Waals surface area contributed by atoms with Gasteiger partial charge in [0, 0.05) is 6.42 Å². The van der Waals surface area contributed by atoms with E-state index >= 15 is 0 Å². The summed E-state index contributed by atoms with van der Waals surface area (Å²) in [6.45, 7) is 2.27. The summed E-state index contributed by atoms with van der Waals surface area (Å²) in [4.78, 5) is 12.3. The van der Waals surface area contributed by atoms with Crippen molar-refractivity contribution in [3.63, 3.8) is 0 Å². The molecule has 2 rings (SSSR count). The molecular weight excluding hydrogens is 220 g/mol. The largest absolute Gasteiger partial charge is 0.461 e. The highest BCUT2D eigenvalue weighted by Crippen LogP contribution is 2.13. The quantitative estimate of drug-likeness (QED) is 0.711. The van der Waals surface area contributed by atoms with Crippen LogP contribution in [0.15, 0.2) is 22.8 Å². The van der Waals surface area contributed by atoms with Gasteiger partial charge < -0.3 is 9.21 Å². The molecule has 0 saturated carbocycles. The summed E-state index contributed by atoms with van der Waals surface area (Å²) in [5.41, 5.74) is 0. The summed E-state index contributed by atoms with van der Waals surface area (Å²) < 4.78 is 5.17. The lowest BCUT2D eigenvalue weighted by molar-refractivity contribution is -0.117. The van der Waals surface area contributed by atoms with Gasteiger partial charge in [-0.25, -0.2) is 0 Å². The Hall–Kier alpha value is -1.98. The lowest BCUT2D eigenvalue weighted by atomic mass is 10.2. The standard InChI is InChI=1S/C11H14N4O2/c1-9(16)5-2-3-7-15-13-11(12-14-15)10-6-4-8-17-10/h4,6,8H,2-3,5,7H2,1H3. The molecule has 0 fully saturated rings. The zero-order chi connectivity index (χ0) is 12.1. The predicted octanol–water partition coefficient (Wildman–Crippen LogP) is 1.69. The number of aromatic nitrogens is 4. The topological polar surface area (TPSA) is 73.8 Å². The first kappa shape index (κ1) is 11.5. The lowest BCUT2D eigenvalue weighted by Crippen LogP contribution is -2.03. The van der Waals surface area contributed by atoms with Crippen LogP contribution in [0.2, 0.25) is 0 Å². The van der Waals surface area contributed by atoms with Gasteiger partial charge in [-0.1, -0.05) is 0 Å². The molecule has 6 nitrogen and oxygen atoms in total. The third-order valence-corrected chi connectivity index (χ3v) is 2.33. The van der Waals surface area contributed by atoms with E-state index in [2.05, 4.69) is 15.4 Å². The molecule has 0 bridgehead atoms. The second-order valence-electron chi connectivity index (χ2n) is 3.85. The number of Topliss-reactive ketones (excluding diaryl/α,β-unsaturated/α-hetero) is 1. The van der Waals surface area contributed by atoms with Gasteiger partial charge in [-0.05, 0) is 37.1 Å². The minimum atomic E-state index is 0.216. The summed E-state index contributed by atoms with van der Waals surface area (Å²) >= 11 is 0. The molecule has 2 aromatic heterocycles. The molecule has 17 heavy (non-hydrogen) atoms. The van der Waals surface area contributed by atoms with Crippen LogP contribution in [0.1, 0.15) is 26.2 Å². The minimum Gasteiger partial charge on any atom is -0.461 e. The molecule has 0 radical (unpaired) electrons. The number of rotatable bonds is 6. The third-order valence-electron chi connectivity index (χ3n) is 2.33. The van der Waals surface area contributed by atoms with E-state index in [-0.39, 0.29) is 5.78 Å². The van der Waals surface area contributed by atoms with E-state index in [1.54, 1.807) is 25.3 Å². The number of nitrogens with zero attached hydrogens (tertiary/aromatic N) is 4. The third kappa shape index (κ3) is 3.24. The summed E-state index contributed by atoms with van der Waals surface area (Å²) in [5, 5.41) is 12.0. The molecule has 0 aliphatic rings. The molecule has 0 saturated heterocycles. The first-order valence-corrected chi connectivity index (χ1v) is 5.57. The van der Waals surface area contributed by atoms with Crippen molar-refractivity contribution in [1.82, 2.24) is 20.2 Å². The SMILES string of the molecule is CC(=O)CCCCn1nnc(-c2ccco2)n1. The van der Waals surface area contributed by atoms with Crippen molar-refractivity contribution in [3.05, 3.63) is 18.4 Å². The normalized spacial score (nSPS) is 10.6. The van der Waals surface area contributed by atoms with Crippen LogP contribution >= 0.6 is 0 Å². The molecule has 0 aromatic carbocycles. The number of aryl methyl sites for hydroxylation is 1. The molecule has 0 unspecified atom stereocenters. The number of tetrazole rings is 1. The summed E-state index contributed by atoms with van der Waals surface area (Å²) in [7, 11) is 0. The minimum absolute atomic E-state index is 0.216. The van der Waals surface area contributed by atoms with Gasteiger partial charge in [-0.15, -0.1) is 10.2 Å². The van der Waals surface area contributed by atoms with Gasteiger partial charge >= 0.3 is 0 Å². The Morgan fingerprint density at radius 3 is 3.06 bits per heavy atom. The smallest absolute Gasteiger partial charge is 0.240 e. The number of carbonyl (C=O) groups excluding carboxylic acids is 1. The summed E-state index contributed by atoms with van der Waals surface area (Å²) in [5.74, 6) is 1.31. The molecule has 0 spiro atoms. The molecule has 6 heteroatoms. The molecule has 0 aliphatic carbocycles. The summed E-state index contributed by atoms with van der Waals surface area (Å²) in [6.07, 6.45) is 3.91. The van der Waals surface area contributed by atoms with Gasteiger partial charge in [-0.2, -0.15) is 4.80 Å². The Morgan fingerprint density at radius 2 is 2.35 bits per heavy atom. The lowest BCUT2D eigenvalue weighted by Gasteiger charge is -1.97. The van der Waals surface area contributed by atoms with Crippen molar-refractivity contribution in [2.24, 2.45) is 0 Å². The monoisotopic (exact) mass is 234 g/mol. The van der Waals surface area contributed by atoms with Gasteiger partial charge in [0.15, 0.2) is 5.76 Å². The average molecular weight is 234 g/mol. The fourth-order valence-corrected chi connectivity index (χ4v) is 1.47. The molecule has 2 aromatic rings. The molecule has 0 N–H and O–H groups in total. The van der Waals surface area contributed by atoms with Gasteiger partial charge in [0.2, 0.25) is 5.82 Å². The Balaban J connectivity index is 1.84. The Kier molecular flexibility index (Phi) is 3.64. The van der Waals surface area contributed by atoms with E-state index in [9.17, 15) is 4.79 Å². The van der Waals surface area contributed by atoms with Crippen LogP contribution in [0.5, 0.6) is 0 Å². The van der Waals surface area contributed by atoms with Crippen molar-refractivity contribution in [2.75, 3.05) is 0 Å². The zero-order valence-corrected chi connectivity index (χ0v) is 9.67. The highest BCUT2D eigenvalue weighted by Gasteiger charge is 2.07. The zero-order valence-electron chi connectivity index (χ0n) is 9.67. The predicted molar refractivity (Wildman–Crippen MR) is 60.1 cm³/mol. The molecular formula is C11H14N4O2. The van der Waals surface area contributed by atoms with Crippen LogP contribution in [-0.2, 0) is 11.3 Å². The van der Waals surface area contributed by atoms with Crippen LogP contribution in [0.4, 0.5) is 0 Å². The van der Waals surface area contributed by atoms with Gasteiger partial charge in [0.05, 0.1) is 12.8 Å².